The summed E-state index contributed by atoms with van der Waals surface area (Å²) in [6, 6.07) is 5.13. The second kappa shape index (κ2) is 9.02. The molecule has 4 N–H and O–H groups in total. The Kier molecular flexibility index (Phi) is 6.45. The van der Waals surface area contributed by atoms with E-state index in [0.29, 0.717) is 12.6 Å². The quantitative estimate of drug-likeness (QED) is 0.398. The van der Waals surface area contributed by atoms with Gasteiger partial charge in [0.25, 0.3) is 0 Å². The number of rotatable bonds is 7. The van der Waals surface area contributed by atoms with Crippen molar-refractivity contribution in [3.05, 3.63) is 58.8 Å². The lowest BCUT2D eigenvalue weighted by molar-refractivity contribution is -0.123. The predicted molar refractivity (Wildman–Crippen MR) is 132 cm³/mol. The van der Waals surface area contributed by atoms with Gasteiger partial charge in [-0.25, -0.2) is 0 Å². The van der Waals surface area contributed by atoms with Crippen LogP contribution in [0.4, 0.5) is 0 Å². The zero-order chi connectivity index (χ0) is 23.8. The lowest BCUT2D eigenvalue weighted by Gasteiger charge is -2.41. The summed E-state index contributed by atoms with van der Waals surface area (Å²) in [5, 5.41) is 19.8. The van der Waals surface area contributed by atoms with Gasteiger partial charge in [0.15, 0.2) is 17.3 Å². The first-order valence-electron chi connectivity index (χ1n) is 12.4. The van der Waals surface area contributed by atoms with Gasteiger partial charge in [-0.2, -0.15) is 0 Å². The maximum absolute atomic E-state index is 13.9. The maximum atomic E-state index is 13.9. The standard InChI is InChI=1S/C28H38N2O3/c1-27(2,3)25-17-20-16-19(8-6-9-22(20)30(25)15-5-4-14-29)26(33)28(12-7-13-28)21-10-11-23(31)24(32)18-21/h8,10-11,16-18,22,31-32H,4-7,9,12-15,29H2,1-3H3. The molecule has 1 saturated carbocycles. The number of Topliss-reactive ketones (excluding diaryl/α,β-unsaturated/α-hetero) is 1. The first-order chi connectivity index (χ1) is 15.7. The molecule has 2 aliphatic carbocycles. The van der Waals surface area contributed by atoms with E-state index in [4.69, 9.17) is 5.73 Å². The molecule has 0 amide bonds. The Balaban J connectivity index is 1.66. The number of allylic oxidation sites excluding steroid dienone is 4. The molecule has 1 unspecified atom stereocenters. The SMILES string of the molecule is CC(C)(C)C1=CC2=CC(C(=O)C3(c4ccc(O)c(O)c4)CCC3)=CCCC2N1CCCCN. The van der Waals surface area contributed by atoms with Crippen molar-refractivity contribution in [3.63, 3.8) is 0 Å². The molecule has 1 fully saturated rings. The van der Waals surface area contributed by atoms with Crippen LogP contribution in [0.3, 0.4) is 0 Å². The molecule has 5 nitrogen and oxygen atoms in total. The fraction of sp³-hybridized carbons (Fsp3) is 0.536. The zero-order valence-corrected chi connectivity index (χ0v) is 20.2. The molecule has 1 aliphatic heterocycles. The van der Waals surface area contributed by atoms with Crippen LogP contribution < -0.4 is 5.73 Å². The number of unbranched alkanes of at least 4 members (excludes halogenated alkanes) is 1. The predicted octanol–water partition coefficient (Wildman–Crippen LogP) is 5.09. The normalized spacial score (nSPS) is 22.0. The molecule has 1 heterocycles. The summed E-state index contributed by atoms with van der Waals surface area (Å²) in [6.45, 7) is 8.46. The van der Waals surface area contributed by atoms with Crippen LogP contribution in [-0.4, -0.2) is 40.0 Å². The highest BCUT2D eigenvalue weighted by Crippen LogP contribution is 2.49. The average molecular weight is 451 g/mol. The van der Waals surface area contributed by atoms with E-state index in [2.05, 4.69) is 43.9 Å². The number of carbonyl (C=O) groups excluding carboxylic acids is 1. The van der Waals surface area contributed by atoms with Crippen LogP contribution in [0.5, 0.6) is 11.5 Å². The number of hydrogen-bond donors (Lipinski definition) is 3. The molecule has 4 rings (SSSR count). The first kappa shape index (κ1) is 23.6. The molecule has 0 saturated heterocycles. The van der Waals surface area contributed by atoms with Crippen LogP contribution in [0, 0.1) is 5.41 Å². The number of hydrogen-bond acceptors (Lipinski definition) is 5. The van der Waals surface area contributed by atoms with E-state index in [9.17, 15) is 15.0 Å². The van der Waals surface area contributed by atoms with Gasteiger partial charge in [-0.15, -0.1) is 0 Å². The van der Waals surface area contributed by atoms with Gasteiger partial charge >= 0.3 is 0 Å². The Morgan fingerprint density at radius 2 is 1.91 bits per heavy atom. The van der Waals surface area contributed by atoms with Gasteiger partial charge in [0.05, 0.1) is 11.5 Å². The third kappa shape index (κ3) is 4.35. The Bertz CT molecular complexity index is 1010. The van der Waals surface area contributed by atoms with Crippen molar-refractivity contribution in [3.8, 4) is 11.5 Å². The van der Waals surface area contributed by atoms with Crippen LogP contribution in [0.1, 0.15) is 71.3 Å². The summed E-state index contributed by atoms with van der Waals surface area (Å²) >= 11 is 0. The fourth-order valence-corrected chi connectivity index (χ4v) is 5.56. The Hall–Kier alpha value is -2.53. The maximum Gasteiger partial charge on any atom is 0.173 e. The number of carbonyl (C=O) groups is 1. The van der Waals surface area contributed by atoms with Crippen molar-refractivity contribution < 1.29 is 15.0 Å². The van der Waals surface area contributed by atoms with Gasteiger partial charge in [0.2, 0.25) is 0 Å². The van der Waals surface area contributed by atoms with Gasteiger partial charge in [0.1, 0.15) is 0 Å². The van der Waals surface area contributed by atoms with Crippen molar-refractivity contribution in [2.75, 3.05) is 13.1 Å². The first-order valence-corrected chi connectivity index (χ1v) is 12.4. The van der Waals surface area contributed by atoms with Gasteiger partial charge in [-0.3, -0.25) is 4.79 Å². The highest BCUT2D eigenvalue weighted by atomic mass is 16.3. The van der Waals surface area contributed by atoms with Crippen LogP contribution in [0.25, 0.3) is 0 Å². The largest absolute Gasteiger partial charge is 0.504 e. The highest BCUT2D eigenvalue weighted by Gasteiger charge is 2.47. The van der Waals surface area contributed by atoms with Gasteiger partial charge < -0.3 is 20.8 Å². The molecule has 5 heteroatoms. The third-order valence-electron chi connectivity index (χ3n) is 7.55. The topological polar surface area (TPSA) is 86.8 Å². The molecule has 1 atom stereocenters. The van der Waals surface area contributed by atoms with E-state index in [1.165, 1.54) is 17.3 Å². The molecular formula is C28H38N2O3. The van der Waals surface area contributed by atoms with Crippen molar-refractivity contribution in [1.29, 1.82) is 0 Å². The number of nitrogens with two attached hydrogens (primary N) is 1. The second-order valence-corrected chi connectivity index (χ2v) is 10.8. The van der Waals surface area contributed by atoms with Crippen LogP contribution in [0.2, 0.25) is 0 Å². The van der Waals surface area contributed by atoms with Crippen molar-refractivity contribution in [1.82, 2.24) is 4.90 Å². The summed E-state index contributed by atoms with van der Waals surface area (Å²) in [6.07, 6.45) is 13.0. The van der Waals surface area contributed by atoms with Crippen molar-refractivity contribution in [2.45, 2.75) is 77.2 Å². The number of fused-ring (bicyclic) bond motifs is 1. The van der Waals surface area contributed by atoms with E-state index in [-0.39, 0.29) is 22.7 Å². The molecular weight excluding hydrogens is 412 g/mol. The Morgan fingerprint density at radius 3 is 2.52 bits per heavy atom. The molecule has 178 valence electrons. The molecule has 3 aliphatic rings. The highest BCUT2D eigenvalue weighted by molar-refractivity contribution is 6.06. The van der Waals surface area contributed by atoms with Gasteiger partial charge in [0, 0.05) is 23.2 Å². The second-order valence-electron chi connectivity index (χ2n) is 10.8. The Morgan fingerprint density at radius 1 is 1.15 bits per heavy atom. The summed E-state index contributed by atoms with van der Waals surface area (Å²) in [5.41, 5.74) is 9.32. The molecule has 0 radical (unpaired) electrons. The van der Waals surface area contributed by atoms with Gasteiger partial charge in [-0.1, -0.05) is 39.3 Å². The molecule has 0 spiro atoms. The fourth-order valence-electron chi connectivity index (χ4n) is 5.56. The minimum atomic E-state index is -0.607. The third-order valence-corrected chi connectivity index (χ3v) is 7.55. The summed E-state index contributed by atoms with van der Waals surface area (Å²) < 4.78 is 0. The Labute approximate surface area is 197 Å². The van der Waals surface area contributed by atoms with Crippen molar-refractivity contribution in [2.24, 2.45) is 11.1 Å². The minimum absolute atomic E-state index is 0.0302. The molecule has 1 aromatic carbocycles. The monoisotopic (exact) mass is 450 g/mol. The van der Waals surface area contributed by atoms with E-state index >= 15 is 0 Å². The lowest BCUT2D eigenvalue weighted by Crippen LogP contribution is -2.43. The number of benzene rings is 1. The molecule has 33 heavy (non-hydrogen) atoms. The average Bonchev–Trinajstić information content (AvgIpc) is 2.93. The molecule has 0 aromatic heterocycles. The smallest absolute Gasteiger partial charge is 0.173 e. The molecule has 0 bridgehead atoms. The number of aromatic hydroxyl groups is 2. The van der Waals surface area contributed by atoms with Gasteiger partial charge in [-0.05, 0) is 80.5 Å². The summed E-state index contributed by atoms with van der Waals surface area (Å²) in [7, 11) is 0. The van der Waals surface area contributed by atoms with Crippen LogP contribution in [0.15, 0.2) is 53.3 Å². The number of phenols is 2. The van der Waals surface area contributed by atoms with E-state index < -0.39 is 5.41 Å². The summed E-state index contributed by atoms with van der Waals surface area (Å²) in [4.78, 5) is 16.4. The zero-order valence-electron chi connectivity index (χ0n) is 20.2. The van der Waals surface area contributed by atoms with E-state index in [0.717, 1.165) is 62.6 Å². The van der Waals surface area contributed by atoms with E-state index in [1.807, 2.05) is 0 Å². The number of ketones is 1. The number of nitrogens with zero attached hydrogens (tertiary/aromatic N) is 1. The lowest BCUT2D eigenvalue weighted by atomic mass is 9.60. The van der Waals surface area contributed by atoms with Crippen LogP contribution in [-0.2, 0) is 10.2 Å². The molecule has 1 aromatic rings. The van der Waals surface area contributed by atoms with Crippen molar-refractivity contribution >= 4 is 5.78 Å². The summed E-state index contributed by atoms with van der Waals surface area (Å²) in [5.74, 6) is -0.180. The minimum Gasteiger partial charge on any atom is -0.504 e. The van der Waals surface area contributed by atoms with E-state index in [1.54, 1.807) is 12.1 Å². The number of phenolic OH excluding ortho intramolecular Hbond substituents is 2. The van der Waals surface area contributed by atoms with Crippen LogP contribution >= 0.6 is 0 Å².